The fourth-order valence-electron chi connectivity index (χ4n) is 2.51. The SMILES string of the molecule is CN(C(=O)/C=C/c1ccc(F)cc1)C1CCCCC1. The molecule has 1 aliphatic carbocycles. The van der Waals surface area contributed by atoms with E-state index in [1.807, 2.05) is 11.9 Å². The van der Waals surface area contributed by atoms with Crippen LogP contribution in [0.3, 0.4) is 0 Å². The van der Waals surface area contributed by atoms with Crippen LogP contribution >= 0.6 is 0 Å². The van der Waals surface area contributed by atoms with E-state index in [0.717, 1.165) is 18.4 Å². The van der Waals surface area contributed by atoms with Gasteiger partial charge in [0.25, 0.3) is 0 Å². The van der Waals surface area contributed by atoms with E-state index in [1.165, 1.54) is 31.4 Å². The molecule has 3 heteroatoms. The van der Waals surface area contributed by atoms with Crippen molar-refractivity contribution >= 4 is 12.0 Å². The van der Waals surface area contributed by atoms with Crippen LogP contribution in [-0.4, -0.2) is 23.9 Å². The number of amides is 1. The minimum absolute atomic E-state index is 0.0243. The lowest BCUT2D eigenvalue weighted by atomic mass is 9.94. The summed E-state index contributed by atoms with van der Waals surface area (Å²) in [5.41, 5.74) is 0.840. The predicted molar refractivity (Wildman–Crippen MR) is 75.1 cm³/mol. The first kappa shape index (κ1) is 13.8. The fourth-order valence-corrected chi connectivity index (χ4v) is 2.51. The molecule has 2 nitrogen and oxygen atoms in total. The fraction of sp³-hybridized carbons (Fsp3) is 0.438. The van der Waals surface area contributed by atoms with Crippen LogP contribution in [0.1, 0.15) is 37.7 Å². The third kappa shape index (κ3) is 3.91. The first-order valence-electron chi connectivity index (χ1n) is 6.87. The standard InChI is InChI=1S/C16H20FNO/c1-18(15-5-3-2-4-6-15)16(19)12-9-13-7-10-14(17)11-8-13/h7-12,15H,2-6H2,1H3/b12-9+. The van der Waals surface area contributed by atoms with Gasteiger partial charge in [0.2, 0.25) is 5.91 Å². The highest BCUT2D eigenvalue weighted by Crippen LogP contribution is 2.21. The van der Waals surface area contributed by atoms with Crippen LogP contribution in [0.15, 0.2) is 30.3 Å². The summed E-state index contributed by atoms with van der Waals surface area (Å²) in [6.07, 6.45) is 9.22. The molecule has 1 aromatic rings. The van der Waals surface area contributed by atoms with Crippen molar-refractivity contribution in [3.8, 4) is 0 Å². The summed E-state index contributed by atoms with van der Waals surface area (Å²) >= 11 is 0. The zero-order chi connectivity index (χ0) is 13.7. The second kappa shape index (κ2) is 6.50. The molecule has 19 heavy (non-hydrogen) atoms. The van der Waals surface area contributed by atoms with Crippen LogP contribution in [0.5, 0.6) is 0 Å². The van der Waals surface area contributed by atoms with Crippen LogP contribution in [0.2, 0.25) is 0 Å². The van der Waals surface area contributed by atoms with Gasteiger partial charge in [-0.15, -0.1) is 0 Å². The molecule has 1 aliphatic rings. The van der Waals surface area contributed by atoms with Gasteiger partial charge in [0.05, 0.1) is 0 Å². The Labute approximate surface area is 113 Å². The van der Waals surface area contributed by atoms with E-state index in [1.54, 1.807) is 24.3 Å². The van der Waals surface area contributed by atoms with Crippen LogP contribution < -0.4 is 0 Å². The van der Waals surface area contributed by atoms with E-state index in [2.05, 4.69) is 0 Å². The molecule has 0 aliphatic heterocycles. The molecule has 0 radical (unpaired) electrons. The number of carbonyl (C=O) groups excluding carboxylic acids is 1. The van der Waals surface area contributed by atoms with E-state index >= 15 is 0 Å². The number of likely N-dealkylation sites (N-methyl/N-ethyl adjacent to an activating group) is 1. The highest BCUT2D eigenvalue weighted by Gasteiger charge is 2.20. The van der Waals surface area contributed by atoms with E-state index in [4.69, 9.17) is 0 Å². The molecule has 1 aromatic carbocycles. The van der Waals surface area contributed by atoms with Gasteiger partial charge < -0.3 is 4.90 Å². The minimum atomic E-state index is -0.261. The van der Waals surface area contributed by atoms with Crippen LogP contribution in [0.4, 0.5) is 4.39 Å². The summed E-state index contributed by atoms with van der Waals surface area (Å²) in [5, 5.41) is 0. The molecule has 0 atom stereocenters. The number of benzene rings is 1. The second-order valence-corrected chi connectivity index (χ2v) is 5.13. The number of hydrogen-bond acceptors (Lipinski definition) is 1. The van der Waals surface area contributed by atoms with E-state index < -0.39 is 0 Å². The molecular formula is C16H20FNO. The summed E-state index contributed by atoms with van der Waals surface area (Å²) in [6.45, 7) is 0. The summed E-state index contributed by atoms with van der Waals surface area (Å²) in [5.74, 6) is -0.237. The Morgan fingerprint density at radius 1 is 1.21 bits per heavy atom. The van der Waals surface area contributed by atoms with Gasteiger partial charge in [-0.25, -0.2) is 4.39 Å². The zero-order valence-corrected chi connectivity index (χ0v) is 11.3. The van der Waals surface area contributed by atoms with Crippen molar-refractivity contribution in [1.29, 1.82) is 0 Å². The van der Waals surface area contributed by atoms with Gasteiger partial charge >= 0.3 is 0 Å². The van der Waals surface area contributed by atoms with Crippen LogP contribution in [-0.2, 0) is 4.79 Å². The molecule has 0 heterocycles. The highest BCUT2D eigenvalue weighted by molar-refractivity contribution is 5.91. The topological polar surface area (TPSA) is 20.3 Å². The largest absolute Gasteiger partial charge is 0.339 e. The van der Waals surface area contributed by atoms with E-state index in [0.29, 0.717) is 6.04 Å². The lowest BCUT2D eigenvalue weighted by Crippen LogP contribution is -2.37. The van der Waals surface area contributed by atoms with Crippen LogP contribution in [0, 0.1) is 5.82 Å². The van der Waals surface area contributed by atoms with Crippen molar-refractivity contribution in [3.63, 3.8) is 0 Å². The molecule has 0 unspecified atom stereocenters. The second-order valence-electron chi connectivity index (χ2n) is 5.13. The van der Waals surface area contributed by atoms with E-state index in [9.17, 15) is 9.18 Å². The molecule has 1 saturated carbocycles. The molecule has 0 aromatic heterocycles. The molecule has 1 fully saturated rings. The van der Waals surface area contributed by atoms with Gasteiger partial charge in [0.15, 0.2) is 0 Å². The number of hydrogen-bond donors (Lipinski definition) is 0. The molecule has 0 bridgehead atoms. The maximum absolute atomic E-state index is 12.8. The first-order chi connectivity index (χ1) is 9.16. The molecule has 0 saturated heterocycles. The summed E-state index contributed by atoms with van der Waals surface area (Å²) in [7, 11) is 1.87. The first-order valence-corrected chi connectivity index (χ1v) is 6.87. The van der Waals surface area contributed by atoms with Crippen molar-refractivity contribution in [1.82, 2.24) is 4.90 Å². The van der Waals surface area contributed by atoms with E-state index in [-0.39, 0.29) is 11.7 Å². The number of rotatable bonds is 3. The highest BCUT2D eigenvalue weighted by atomic mass is 19.1. The third-order valence-electron chi connectivity index (χ3n) is 3.76. The lowest BCUT2D eigenvalue weighted by molar-refractivity contribution is -0.127. The average Bonchev–Trinajstić information content (AvgIpc) is 2.46. The lowest BCUT2D eigenvalue weighted by Gasteiger charge is -2.30. The van der Waals surface area contributed by atoms with Crippen molar-refractivity contribution in [2.45, 2.75) is 38.1 Å². The smallest absolute Gasteiger partial charge is 0.246 e. The normalized spacial score (nSPS) is 16.7. The molecular weight excluding hydrogens is 241 g/mol. The van der Waals surface area contributed by atoms with Crippen molar-refractivity contribution < 1.29 is 9.18 Å². The summed E-state index contributed by atoms with van der Waals surface area (Å²) < 4.78 is 12.8. The Balaban J connectivity index is 1.93. The zero-order valence-electron chi connectivity index (χ0n) is 11.3. The van der Waals surface area contributed by atoms with Gasteiger partial charge in [-0.2, -0.15) is 0 Å². The molecule has 1 amide bonds. The summed E-state index contributed by atoms with van der Waals surface area (Å²) in [4.78, 5) is 13.9. The molecule has 102 valence electrons. The van der Waals surface area contributed by atoms with Crippen molar-refractivity contribution in [3.05, 3.63) is 41.7 Å². The number of nitrogens with zero attached hydrogens (tertiary/aromatic N) is 1. The predicted octanol–water partition coefficient (Wildman–Crippen LogP) is 3.63. The average molecular weight is 261 g/mol. The Morgan fingerprint density at radius 3 is 2.47 bits per heavy atom. The van der Waals surface area contributed by atoms with Gasteiger partial charge in [0, 0.05) is 19.2 Å². The Hall–Kier alpha value is -1.64. The number of carbonyl (C=O) groups is 1. The third-order valence-corrected chi connectivity index (χ3v) is 3.76. The van der Waals surface area contributed by atoms with Gasteiger partial charge in [-0.05, 0) is 36.6 Å². The molecule has 2 rings (SSSR count). The number of halogens is 1. The quantitative estimate of drug-likeness (QED) is 0.761. The van der Waals surface area contributed by atoms with Crippen LogP contribution in [0.25, 0.3) is 6.08 Å². The maximum atomic E-state index is 12.8. The Kier molecular flexibility index (Phi) is 4.72. The van der Waals surface area contributed by atoms with Gasteiger partial charge in [0.1, 0.15) is 5.82 Å². The van der Waals surface area contributed by atoms with Gasteiger partial charge in [-0.1, -0.05) is 31.4 Å². The molecule has 0 N–H and O–H groups in total. The maximum Gasteiger partial charge on any atom is 0.246 e. The Bertz CT molecular complexity index is 446. The summed E-state index contributed by atoms with van der Waals surface area (Å²) in [6, 6.07) is 6.50. The van der Waals surface area contributed by atoms with Crippen molar-refractivity contribution in [2.24, 2.45) is 0 Å². The monoisotopic (exact) mass is 261 g/mol. The minimum Gasteiger partial charge on any atom is -0.339 e. The molecule has 0 spiro atoms. The van der Waals surface area contributed by atoms with Crippen molar-refractivity contribution in [2.75, 3.05) is 7.05 Å². The Morgan fingerprint density at radius 2 is 1.84 bits per heavy atom. The van der Waals surface area contributed by atoms with Gasteiger partial charge in [-0.3, -0.25) is 4.79 Å².